The Kier molecular flexibility index (Phi) is 11.2. The first-order chi connectivity index (χ1) is 19.5. The van der Waals surface area contributed by atoms with E-state index in [0.29, 0.717) is 5.69 Å². The molecule has 4 rings (SSSR count). The maximum absolute atomic E-state index is 11.6. The Morgan fingerprint density at radius 3 is 1.74 bits per heavy atom. The van der Waals surface area contributed by atoms with Crippen molar-refractivity contribution in [3.63, 3.8) is 0 Å². The summed E-state index contributed by atoms with van der Waals surface area (Å²) >= 11 is 0. The van der Waals surface area contributed by atoms with Crippen molar-refractivity contribution in [3.8, 4) is 11.5 Å². The van der Waals surface area contributed by atoms with E-state index in [1.54, 1.807) is 6.07 Å². The standard InChI is InChI=1S/C12H12N4O4S.C12H10N4O4S.Cr/c2*13-7-1-3-10(9(14)5-7)15-16-11-6-8(21(18,19)20)2-4-12(11)17;/h1-6,17H,13-14H2,(H,18,19,20);1-6H,(H4-2,13,14,15,16,17,18,19,20);/q;-2;+3/p-1. The number of aromatic hydroxyl groups is 1. The molecule has 19 heteroatoms. The second kappa shape index (κ2) is 13.9. The van der Waals surface area contributed by atoms with Crippen LogP contribution in [0.25, 0.3) is 11.5 Å². The summed E-state index contributed by atoms with van der Waals surface area (Å²) in [5, 5.41) is 36.0. The summed E-state index contributed by atoms with van der Waals surface area (Å²) in [5.74, 6) is -0.866. The van der Waals surface area contributed by atoms with E-state index in [2.05, 4.69) is 20.5 Å². The second-order valence-electron chi connectivity index (χ2n) is 8.18. The molecule has 16 nitrogen and oxygen atoms in total. The molecule has 223 valence electrons. The Balaban J connectivity index is 0.000000293. The van der Waals surface area contributed by atoms with Crippen molar-refractivity contribution in [1.82, 2.24) is 0 Å². The molecule has 0 fully saturated rings. The summed E-state index contributed by atoms with van der Waals surface area (Å²) in [4.78, 5) is -0.872. The minimum absolute atomic E-state index is 0. The Morgan fingerprint density at radius 2 is 1.16 bits per heavy atom. The van der Waals surface area contributed by atoms with Crippen molar-refractivity contribution >= 4 is 65.7 Å². The van der Waals surface area contributed by atoms with E-state index in [-0.39, 0.29) is 62.9 Å². The molecule has 0 aliphatic heterocycles. The van der Waals surface area contributed by atoms with E-state index in [0.717, 1.165) is 36.4 Å². The first kappa shape index (κ1) is 34.4. The van der Waals surface area contributed by atoms with Crippen molar-refractivity contribution in [2.24, 2.45) is 20.5 Å². The first-order valence-electron chi connectivity index (χ1n) is 11.2. The van der Waals surface area contributed by atoms with Gasteiger partial charge in [0.05, 0.1) is 26.9 Å². The van der Waals surface area contributed by atoms with Gasteiger partial charge in [-0.05, 0) is 54.6 Å². The van der Waals surface area contributed by atoms with Crippen LogP contribution in [0, 0.1) is 0 Å². The molecule has 0 amide bonds. The topological polar surface area (TPSA) is 301 Å². The molecule has 0 aliphatic carbocycles. The molecule has 0 saturated heterocycles. The van der Waals surface area contributed by atoms with Crippen LogP contribution in [-0.2, 0) is 37.6 Å². The minimum Gasteiger partial charge on any atom is -0.871 e. The van der Waals surface area contributed by atoms with Gasteiger partial charge in [-0.3, -0.25) is 9.11 Å². The number of nitrogens with zero attached hydrogens (tertiary/aromatic N) is 4. The number of phenols is 1. The van der Waals surface area contributed by atoms with Gasteiger partial charge in [0.2, 0.25) is 0 Å². The number of nitrogens with two attached hydrogens (primary N) is 2. The molecule has 0 atom stereocenters. The van der Waals surface area contributed by atoms with Crippen molar-refractivity contribution in [3.05, 3.63) is 84.3 Å². The van der Waals surface area contributed by atoms with Crippen LogP contribution in [0.1, 0.15) is 0 Å². The zero-order chi connectivity index (χ0) is 31.2. The average Bonchev–Trinajstić information content (AvgIpc) is 2.88. The monoisotopic (exact) mass is 665 g/mol. The molecule has 0 aromatic heterocycles. The van der Waals surface area contributed by atoms with E-state index in [4.69, 9.17) is 32.0 Å². The smallest absolute Gasteiger partial charge is 0.871 e. The third kappa shape index (κ3) is 9.64. The summed E-state index contributed by atoms with van der Waals surface area (Å²) in [6, 6.07) is 14.5. The van der Waals surface area contributed by atoms with Crippen LogP contribution >= 0.6 is 0 Å². The quantitative estimate of drug-likeness (QED) is 0.0907. The summed E-state index contributed by atoms with van der Waals surface area (Å²) in [7, 11) is -8.83. The average molecular weight is 666 g/mol. The first-order valence-corrected chi connectivity index (χ1v) is 14.1. The number of rotatable bonds is 6. The Hall–Kier alpha value is -4.77. The normalized spacial score (nSPS) is 11.6. The molecule has 4 aromatic carbocycles. The van der Waals surface area contributed by atoms with Gasteiger partial charge in [0.15, 0.2) is 0 Å². The molecule has 1 radical (unpaired) electrons. The molecule has 0 bridgehead atoms. The third-order valence-corrected chi connectivity index (χ3v) is 6.75. The second-order valence-corrected chi connectivity index (χ2v) is 11.0. The van der Waals surface area contributed by atoms with E-state index >= 15 is 0 Å². The van der Waals surface area contributed by atoms with Crippen LogP contribution in [0.5, 0.6) is 11.5 Å². The number of azo groups is 2. The largest absolute Gasteiger partial charge is 3.00 e. The predicted octanol–water partition coefficient (Wildman–Crippen LogP) is 6.01. The fourth-order valence-corrected chi connectivity index (χ4v) is 3.98. The molecule has 4 aromatic rings. The molecular weight excluding hydrogens is 644 g/mol. The molecule has 0 heterocycles. The fraction of sp³-hybridized carbons (Fsp3) is 0. The Labute approximate surface area is 256 Å². The number of anilines is 2. The molecule has 0 aliphatic rings. The van der Waals surface area contributed by atoms with Gasteiger partial charge >= 0.3 is 17.4 Å². The van der Waals surface area contributed by atoms with Gasteiger partial charge in [-0.15, -0.1) is 21.6 Å². The van der Waals surface area contributed by atoms with Gasteiger partial charge in [0.1, 0.15) is 17.1 Å². The summed E-state index contributed by atoms with van der Waals surface area (Å²) in [6.45, 7) is 0. The van der Waals surface area contributed by atoms with Crippen LogP contribution in [0.15, 0.2) is 103 Å². The van der Waals surface area contributed by atoms with E-state index in [9.17, 15) is 27.0 Å². The van der Waals surface area contributed by atoms with Crippen molar-refractivity contribution < 1.29 is 53.5 Å². The fourth-order valence-electron chi connectivity index (χ4n) is 2.98. The van der Waals surface area contributed by atoms with Crippen LogP contribution < -0.4 is 16.6 Å². The number of hydrogen-bond donors (Lipinski definition) is 5. The maximum atomic E-state index is 11.6. The summed E-state index contributed by atoms with van der Waals surface area (Å²) < 4.78 is 61.9. The maximum Gasteiger partial charge on any atom is 3.00 e. The number of nitrogen functional groups attached to an aromatic ring is 2. The Morgan fingerprint density at radius 1 is 0.651 bits per heavy atom. The number of nitrogens with one attached hydrogen (secondary N) is 2. The van der Waals surface area contributed by atoms with Crippen LogP contribution in [-0.4, -0.2) is 31.0 Å². The van der Waals surface area contributed by atoms with E-state index in [1.165, 1.54) is 30.3 Å². The summed E-state index contributed by atoms with van der Waals surface area (Å²) in [5.41, 5.74) is 27.0. The van der Waals surface area contributed by atoms with Gasteiger partial charge in [-0.1, -0.05) is 23.9 Å². The number of phenolic OH excluding ortho intramolecular Hbond substituents is 1. The zero-order valence-corrected chi connectivity index (χ0v) is 24.4. The molecule has 43 heavy (non-hydrogen) atoms. The zero-order valence-electron chi connectivity index (χ0n) is 21.5. The van der Waals surface area contributed by atoms with Gasteiger partial charge in [0, 0.05) is 5.69 Å². The van der Waals surface area contributed by atoms with Crippen LogP contribution in [0.4, 0.5) is 45.5 Å². The van der Waals surface area contributed by atoms with Gasteiger partial charge in [0.25, 0.3) is 20.2 Å². The number of benzene rings is 4. The summed E-state index contributed by atoms with van der Waals surface area (Å²) in [6.07, 6.45) is 0. The van der Waals surface area contributed by atoms with Crippen molar-refractivity contribution in [2.75, 3.05) is 11.5 Å². The molecule has 9 N–H and O–H groups in total. The third-order valence-electron chi connectivity index (χ3n) is 5.05. The van der Waals surface area contributed by atoms with Crippen LogP contribution in [0.3, 0.4) is 0 Å². The van der Waals surface area contributed by atoms with Crippen molar-refractivity contribution in [2.45, 2.75) is 9.79 Å². The minimum atomic E-state index is -4.42. The van der Waals surface area contributed by atoms with Gasteiger partial charge in [-0.2, -0.15) is 27.1 Å². The van der Waals surface area contributed by atoms with Crippen LogP contribution in [0.2, 0.25) is 0 Å². The number of hydrogen-bond acceptors (Lipinski definition) is 12. The molecule has 0 unspecified atom stereocenters. The molecular formula is C24H21CrN8O8S2. The SMILES string of the molecule is Nc1ccc(N=Nc2cc(S(=O)(=O)O)ccc2[O-])c(N)c1.[Cr+3].[NH-]c1ccc(N=Nc2cc(S(=O)(=O)O)ccc2O)c([NH-])c1. The van der Waals surface area contributed by atoms with E-state index in [1.807, 2.05) is 0 Å². The van der Waals surface area contributed by atoms with Gasteiger partial charge in [-0.25, -0.2) is 0 Å². The predicted molar refractivity (Wildman–Crippen MR) is 152 cm³/mol. The van der Waals surface area contributed by atoms with E-state index < -0.39 is 35.8 Å². The molecule has 0 spiro atoms. The Bertz CT molecular complexity index is 1780. The molecule has 0 saturated carbocycles. The van der Waals surface area contributed by atoms with Gasteiger partial charge < -0.3 is 33.1 Å². The van der Waals surface area contributed by atoms with Crippen molar-refractivity contribution in [1.29, 1.82) is 0 Å².